The highest BCUT2D eigenvalue weighted by atomic mass is 16.7. The third kappa shape index (κ3) is 14.4. The Kier molecular flexibility index (Phi) is 21.0. The normalized spacial score (nSPS) is 15.2. The highest BCUT2D eigenvalue weighted by molar-refractivity contribution is 6.27. The first kappa shape index (κ1) is 55.4. The standard InChI is InChI=1S/2C21H30N6O5.C2H2O4/c2*1-4-25-20(30)26(23-22-25)15-14-24-12-10-21(11-13-24,19(29)31-3)27(17(2)28)32-16-18-8-6-5-7-9-18;3-1(4)2(5)6/h2*5-9H,4,10-16H2,1-3H3;(H,3,4)(H,5,6). The third-order valence-corrected chi connectivity index (χ3v) is 11.7. The van der Waals surface area contributed by atoms with Crippen molar-refractivity contribution in [2.24, 2.45) is 0 Å². The lowest BCUT2D eigenvalue weighted by Crippen LogP contribution is -2.61. The lowest BCUT2D eigenvalue weighted by molar-refractivity contribution is -0.240. The summed E-state index contributed by atoms with van der Waals surface area (Å²) in [7, 11) is 2.63. The van der Waals surface area contributed by atoms with Crippen molar-refractivity contribution in [3.63, 3.8) is 0 Å². The lowest BCUT2D eigenvalue weighted by Gasteiger charge is -2.44. The number of piperidine rings is 2. The molecule has 0 bridgehead atoms. The van der Waals surface area contributed by atoms with Crippen molar-refractivity contribution in [3.05, 3.63) is 92.8 Å². The van der Waals surface area contributed by atoms with Crippen LogP contribution < -0.4 is 11.4 Å². The van der Waals surface area contributed by atoms with Crippen molar-refractivity contribution in [1.29, 1.82) is 0 Å². The number of esters is 2. The second kappa shape index (κ2) is 26.6. The first-order chi connectivity index (χ1) is 33.5. The molecule has 0 spiro atoms. The van der Waals surface area contributed by atoms with E-state index in [1.165, 1.54) is 56.9 Å². The number of hydrogen-bond donors (Lipinski definition) is 2. The van der Waals surface area contributed by atoms with Crippen LogP contribution in [0.1, 0.15) is 64.5 Å². The smallest absolute Gasteiger partial charge is 0.414 e. The van der Waals surface area contributed by atoms with Crippen LogP contribution in [0.5, 0.6) is 0 Å². The molecular weight excluding hydrogens is 921 g/mol. The fourth-order valence-electron chi connectivity index (χ4n) is 7.87. The van der Waals surface area contributed by atoms with Crippen molar-refractivity contribution in [3.8, 4) is 0 Å². The maximum atomic E-state index is 12.8. The van der Waals surface area contributed by atoms with Crippen LogP contribution in [0.15, 0.2) is 70.3 Å². The minimum Gasteiger partial charge on any atom is -0.473 e. The molecule has 0 atom stereocenters. The molecule has 2 saturated heterocycles. The molecule has 2 fully saturated rings. The van der Waals surface area contributed by atoms with Gasteiger partial charge in [-0.2, -0.15) is 18.7 Å². The predicted octanol–water partition coefficient (Wildman–Crippen LogP) is 0.0508. The summed E-state index contributed by atoms with van der Waals surface area (Å²) in [4.78, 5) is 109. The number of ether oxygens (including phenoxy) is 2. The van der Waals surface area contributed by atoms with Crippen LogP contribution in [0.4, 0.5) is 0 Å². The summed E-state index contributed by atoms with van der Waals surface area (Å²) in [5.74, 6) is -5.36. The monoisotopic (exact) mass is 982 g/mol. The zero-order chi connectivity index (χ0) is 51.4. The molecule has 4 heterocycles. The Morgan fingerprint density at radius 1 is 0.543 bits per heavy atom. The molecule has 0 unspecified atom stereocenters. The van der Waals surface area contributed by atoms with Crippen molar-refractivity contribution in [1.82, 2.24) is 59.5 Å². The van der Waals surface area contributed by atoms with E-state index in [1.807, 2.05) is 74.5 Å². The summed E-state index contributed by atoms with van der Waals surface area (Å²) in [6.45, 7) is 11.8. The fourth-order valence-corrected chi connectivity index (χ4v) is 7.87. The van der Waals surface area contributed by atoms with Gasteiger partial charge in [0.15, 0.2) is 11.1 Å². The molecule has 0 aliphatic carbocycles. The number of carboxylic acid groups (broad SMARTS) is 2. The fraction of sp³-hybridized carbons (Fsp3) is 0.545. The summed E-state index contributed by atoms with van der Waals surface area (Å²) in [6, 6.07) is 18.9. The molecule has 26 heteroatoms. The highest BCUT2D eigenvalue weighted by Crippen LogP contribution is 2.33. The number of hydroxylamine groups is 4. The summed E-state index contributed by atoms with van der Waals surface area (Å²) in [5.41, 5.74) is -1.11. The van der Waals surface area contributed by atoms with Crippen molar-refractivity contribution >= 4 is 35.7 Å². The van der Waals surface area contributed by atoms with Crippen LogP contribution in [-0.4, -0.2) is 170 Å². The number of hydrogen-bond acceptors (Lipinski definition) is 18. The minimum atomic E-state index is -1.82. The molecule has 2 aromatic heterocycles. The molecule has 70 heavy (non-hydrogen) atoms. The van der Waals surface area contributed by atoms with Gasteiger partial charge >= 0.3 is 35.3 Å². The van der Waals surface area contributed by atoms with Crippen molar-refractivity contribution < 1.29 is 58.1 Å². The zero-order valence-electron chi connectivity index (χ0n) is 40.2. The van der Waals surface area contributed by atoms with Gasteiger partial charge in [0.05, 0.1) is 27.3 Å². The number of carbonyl (C=O) groups is 6. The quantitative estimate of drug-likeness (QED) is 0.0756. The molecule has 2 aliphatic rings. The van der Waals surface area contributed by atoms with Gasteiger partial charge in [-0.3, -0.25) is 19.3 Å². The van der Waals surface area contributed by atoms with Gasteiger partial charge in [-0.15, -0.1) is 0 Å². The van der Waals surface area contributed by atoms with E-state index in [0.29, 0.717) is 91.1 Å². The zero-order valence-corrected chi connectivity index (χ0v) is 40.2. The topological polar surface area (TPSA) is 298 Å². The number of benzene rings is 2. The number of nitrogens with zero attached hydrogens (tertiary/aromatic N) is 12. The highest BCUT2D eigenvalue weighted by Gasteiger charge is 2.51. The average Bonchev–Trinajstić information content (AvgIpc) is 3.92. The van der Waals surface area contributed by atoms with Crippen LogP contribution in [0.3, 0.4) is 0 Å². The molecule has 4 aromatic rings. The van der Waals surface area contributed by atoms with Gasteiger partial charge < -0.3 is 29.5 Å². The van der Waals surface area contributed by atoms with Gasteiger partial charge in [-0.05, 0) is 71.5 Å². The largest absolute Gasteiger partial charge is 0.473 e. The van der Waals surface area contributed by atoms with E-state index in [2.05, 4.69) is 30.7 Å². The van der Waals surface area contributed by atoms with Gasteiger partial charge in [-0.25, -0.2) is 38.9 Å². The van der Waals surface area contributed by atoms with Crippen LogP contribution >= 0.6 is 0 Å². The number of carboxylic acids is 2. The summed E-state index contributed by atoms with van der Waals surface area (Å²) >= 11 is 0. The molecule has 2 N–H and O–H groups in total. The van der Waals surface area contributed by atoms with E-state index in [4.69, 9.17) is 39.0 Å². The van der Waals surface area contributed by atoms with Gasteiger partial charge in [-0.1, -0.05) is 60.7 Å². The van der Waals surface area contributed by atoms with E-state index in [0.717, 1.165) is 11.1 Å². The number of amides is 2. The second-order valence-electron chi connectivity index (χ2n) is 16.1. The van der Waals surface area contributed by atoms with E-state index in [9.17, 15) is 28.8 Å². The second-order valence-corrected chi connectivity index (χ2v) is 16.1. The van der Waals surface area contributed by atoms with E-state index >= 15 is 0 Å². The Labute approximate surface area is 402 Å². The number of carbonyl (C=O) groups excluding carboxylic acids is 4. The number of rotatable bonds is 18. The SMILES string of the molecule is CCn1nnn(CCN2CCC(C(=O)OC)(N(OCc3ccccc3)C(C)=O)CC2)c1=O.CCn1nnn(CCN2CCC(C(=O)OC)(N(OCc3ccccc3)C(C)=O)CC2)c1=O.O=C(O)C(=O)O. The van der Waals surface area contributed by atoms with Gasteiger partial charge in [0.25, 0.3) is 0 Å². The van der Waals surface area contributed by atoms with Crippen LogP contribution in [0, 0.1) is 0 Å². The minimum absolute atomic E-state index is 0.166. The number of aliphatic carboxylic acids is 2. The van der Waals surface area contributed by atoms with Gasteiger partial charge in [0.2, 0.25) is 11.8 Å². The number of methoxy groups -OCH3 is 2. The third-order valence-electron chi connectivity index (χ3n) is 11.7. The summed E-state index contributed by atoms with van der Waals surface area (Å²) < 4.78 is 15.4. The van der Waals surface area contributed by atoms with Crippen molar-refractivity contribution in [2.75, 3.05) is 53.5 Å². The molecule has 0 radical (unpaired) electrons. The summed E-state index contributed by atoms with van der Waals surface area (Å²) in [5, 5.41) is 32.6. The van der Waals surface area contributed by atoms with Gasteiger partial charge in [0.1, 0.15) is 13.2 Å². The van der Waals surface area contributed by atoms with Crippen LogP contribution in [-0.2, 0) is 87.3 Å². The lowest BCUT2D eigenvalue weighted by atomic mass is 9.86. The van der Waals surface area contributed by atoms with E-state index in [1.54, 1.807) is 0 Å². The molecule has 2 aliphatic heterocycles. The Bertz CT molecular complexity index is 2290. The maximum Gasteiger partial charge on any atom is 0.414 e. The van der Waals surface area contributed by atoms with Crippen LogP contribution in [0.2, 0.25) is 0 Å². The number of tetrazole rings is 2. The Morgan fingerprint density at radius 2 is 0.857 bits per heavy atom. The number of aromatic nitrogens is 8. The number of aryl methyl sites for hydroxylation is 2. The average molecular weight is 983 g/mol. The van der Waals surface area contributed by atoms with Crippen molar-refractivity contribution in [2.45, 2.75) is 104 Å². The molecular formula is C44H62N12O14. The molecule has 2 amide bonds. The Balaban J connectivity index is 0.000000273. The Morgan fingerprint density at radius 3 is 1.11 bits per heavy atom. The van der Waals surface area contributed by atoms with E-state index < -0.39 is 35.0 Å². The first-order valence-corrected chi connectivity index (χ1v) is 22.5. The predicted molar refractivity (Wildman–Crippen MR) is 244 cm³/mol. The molecule has 26 nitrogen and oxygen atoms in total. The van der Waals surface area contributed by atoms with Gasteiger partial charge in [0, 0.05) is 66.2 Å². The molecule has 2 aromatic carbocycles. The van der Waals surface area contributed by atoms with Crippen LogP contribution in [0.25, 0.3) is 0 Å². The molecule has 382 valence electrons. The first-order valence-electron chi connectivity index (χ1n) is 22.5. The maximum absolute atomic E-state index is 12.8. The summed E-state index contributed by atoms with van der Waals surface area (Å²) in [6.07, 6.45) is 1.41. The number of likely N-dealkylation sites (tertiary alicyclic amines) is 2. The molecule has 6 rings (SSSR count). The van der Waals surface area contributed by atoms with E-state index in [-0.39, 0.29) is 36.4 Å². The Hall–Kier alpha value is -7.16. The molecule has 0 saturated carbocycles.